The van der Waals surface area contributed by atoms with Crippen LogP contribution in [0.3, 0.4) is 0 Å². The van der Waals surface area contributed by atoms with E-state index in [1.54, 1.807) is 4.57 Å². The van der Waals surface area contributed by atoms with Gasteiger partial charge in [0.25, 0.3) is 6.43 Å². The molecule has 0 aliphatic heterocycles. The average Bonchev–Trinajstić information content (AvgIpc) is 3.33. The number of halogens is 6. The van der Waals surface area contributed by atoms with E-state index in [9.17, 15) is 27.5 Å². The van der Waals surface area contributed by atoms with Gasteiger partial charge in [-0.05, 0) is 48.0 Å². The number of carbonyl (C=O) groups is 1. The highest BCUT2D eigenvalue weighted by Crippen LogP contribution is 2.30. The Morgan fingerprint density at radius 1 is 0.886 bits per heavy atom. The van der Waals surface area contributed by atoms with Crippen molar-refractivity contribution in [1.82, 2.24) is 14.5 Å². The van der Waals surface area contributed by atoms with Crippen molar-refractivity contribution < 1.29 is 45.7 Å². The number of hydrogen-bond donors (Lipinski definition) is 1. The molecule has 0 aliphatic rings. The molecule has 0 aliphatic carbocycles. The summed E-state index contributed by atoms with van der Waals surface area (Å²) in [5, 5.41) is 9.37. The van der Waals surface area contributed by atoms with Crippen LogP contribution in [0, 0.1) is 23.3 Å². The molecule has 44 heavy (non-hydrogen) atoms. The van der Waals surface area contributed by atoms with Crippen LogP contribution in [0.1, 0.15) is 39.3 Å². The van der Waals surface area contributed by atoms with Gasteiger partial charge < -0.3 is 19.1 Å². The number of hydrogen-bond acceptors (Lipinski definition) is 5. The zero-order chi connectivity index (χ0) is 31.5. The van der Waals surface area contributed by atoms with Gasteiger partial charge in [0, 0.05) is 42.8 Å². The van der Waals surface area contributed by atoms with E-state index in [-0.39, 0.29) is 42.1 Å². The summed E-state index contributed by atoms with van der Waals surface area (Å²) in [6.45, 7) is 0.0551. The number of alkyl halides is 2. The van der Waals surface area contributed by atoms with E-state index in [1.165, 1.54) is 25.3 Å². The minimum atomic E-state index is -2.86. The maximum Gasteiger partial charge on any atom is 0.335 e. The molecular formula is C31H23F6N3O4. The molecule has 3 aromatic carbocycles. The molecule has 0 saturated carbocycles. The van der Waals surface area contributed by atoms with Gasteiger partial charge in [0.1, 0.15) is 41.4 Å². The summed E-state index contributed by atoms with van der Waals surface area (Å²) < 4.78 is 97.4. The third kappa shape index (κ3) is 6.37. The number of fused-ring (bicyclic) bond motifs is 1. The predicted octanol–water partition coefficient (Wildman–Crippen LogP) is 7.11. The molecule has 0 fully saturated rings. The fraction of sp³-hybridized carbons (Fsp3) is 0.194. The molecule has 1 N–H and O–H groups in total. The predicted molar refractivity (Wildman–Crippen MR) is 147 cm³/mol. The Morgan fingerprint density at radius 2 is 1.66 bits per heavy atom. The number of nitrogens with zero attached hydrogens (tertiary/aromatic N) is 3. The second-order valence-electron chi connectivity index (χ2n) is 9.70. The summed E-state index contributed by atoms with van der Waals surface area (Å²) in [6, 6.07) is 10.9. The maximum absolute atomic E-state index is 15.4. The Kier molecular flexibility index (Phi) is 8.86. The molecule has 13 heteroatoms. The van der Waals surface area contributed by atoms with Crippen molar-refractivity contribution in [3.05, 3.63) is 112 Å². The highest BCUT2D eigenvalue weighted by Gasteiger charge is 2.20. The number of pyridine rings is 1. The van der Waals surface area contributed by atoms with E-state index in [4.69, 9.17) is 9.47 Å². The van der Waals surface area contributed by atoms with Gasteiger partial charge in [-0.1, -0.05) is 12.1 Å². The number of ether oxygens (including phenoxy) is 2. The van der Waals surface area contributed by atoms with E-state index < -0.39 is 59.1 Å². The van der Waals surface area contributed by atoms with Crippen LogP contribution in [0.15, 0.2) is 60.7 Å². The molecule has 0 bridgehead atoms. The molecule has 0 atom stereocenters. The summed E-state index contributed by atoms with van der Waals surface area (Å²) >= 11 is 0. The SMILES string of the molecule is COCCn1c(Cc2cc(F)c(-c3nc(OCc4ccc(C(F)F)cc4F)ccc3F)cc2F)nc2ccc(C(=O)O)cc21. The molecule has 2 aromatic heterocycles. The van der Waals surface area contributed by atoms with Crippen molar-refractivity contribution in [1.29, 1.82) is 0 Å². The molecular weight excluding hydrogens is 592 g/mol. The Balaban J connectivity index is 1.42. The van der Waals surface area contributed by atoms with Gasteiger partial charge >= 0.3 is 5.97 Å². The standard InChI is InChI=1S/C31H23F6N3O4/c1-43-9-8-40-26-12-17(31(41)42)4-6-25(26)38-27(40)13-19-11-24(35)20(14-23(19)34)29-21(32)5-7-28(39-29)44-15-18-3-2-16(30(36)37)10-22(18)33/h2-7,10-12,14,30H,8-9,13,15H2,1H3,(H,41,42). The molecule has 5 aromatic rings. The van der Waals surface area contributed by atoms with Crippen molar-refractivity contribution in [2.75, 3.05) is 13.7 Å². The van der Waals surface area contributed by atoms with Crippen molar-refractivity contribution in [2.45, 2.75) is 26.0 Å². The minimum Gasteiger partial charge on any atom is -0.478 e. The van der Waals surface area contributed by atoms with Crippen LogP contribution in [-0.2, 0) is 24.3 Å². The van der Waals surface area contributed by atoms with Crippen LogP contribution in [0.5, 0.6) is 5.88 Å². The van der Waals surface area contributed by atoms with Crippen LogP contribution in [0.25, 0.3) is 22.3 Å². The van der Waals surface area contributed by atoms with Crippen molar-refractivity contribution >= 4 is 17.0 Å². The lowest BCUT2D eigenvalue weighted by atomic mass is 10.0. The van der Waals surface area contributed by atoms with Crippen molar-refractivity contribution in [2.24, 2.45) is 0 Å². The third-order valence-electron chi connectivity index (χ3n) is 6.86. The number of benzene rings is 3. The van der Waals surface area contributed by atoms with E-state index in [0.29, 0.717) is 22.9 Å². The summed E-state index contributed by atoms with van der Waals surface area (Å²) in [5.41, 5.74) is -0.788. The molecule has 0 amide bonds. The van der Waals surface area contributed by atoms with Gasteiger partial charge in [0.15, 0.2) is 0 Å². The molecule has 228 valence electrons. The monoisotopic (exact) mass is 615 g/mol. The van der Waals surface area contributed by atoms with Crippen molar-refractivity contribution in [3.8, 4) is 17.1 Å². The molecule has 2 heterocycles. The Hall–Kier alpha value is -4.91. The molecule has 0 saturated heterocycles. The van der Waals surface area contributed by atoms with Gasteiger partial charge in [-0.2, -0.15) is 0 Å². The number of carboxylic acids is 1. The average molecular weight is 616 g/mol. The number of rotatable bonds is 11. The Morgan fingerprint density at radius 3 is 2.36 bits per heavy atom. The Labute approximate surface area is 246 Å². The number of methoxy groups -OCH3 is 1. The smallest absolute Gasteiger partial charge is 0.335 e. The van der Waals surface area contributed by atoms with Gasteiger partial charge in [-0.25, -0.2) is 41.1 Å². The first kappa shape index (κ1) is 30.5. The number of aromatic carboxylic acids is 1. The highest BCUT2D eigenvalue weighted by atomic mass is 19.3. The van der Waals surface area contributed by atoms with Crippen LogP contribution < -0.4 is 4.74 Å². The van der Waals surface area contributed by atoms with Crippen LogP contribution in [0.4, 0.5) is 26.3 Å². The minimum absolute atomic E-state index is 0.0275. The quantitative estimate of drug-likeness (QED) is 0.160. The third-order valence-corrected chi connectivity index (χ3v) is 6.86. The number of carboxylic acid groups (broad SMARTS) is 1. The normalized spacial score (nSPS) is 11.5. The topological polar surface area (TPSA) is 86.5 Å². The zero-order valence-electron chi connectivity index (χ0n) is 23.0. The first-order valence-corrected chi connectivity index (χ1v) is 13.1. The van der Waals surface area contributed by atoms with E-state index in [2.05, 4.69) is 9.97 Å². The second-order valence-corrected chi connectivity index (χ2v) is 9.70. The van der Waals surface area contributed by atoms with Gasteiger partial charge in [0.05, 0.1) is 23.2 Å². The number of imidazole rings is 1. The molecule has 0 spiro atoms. The van der Waals surface area contributed by atoms with Crippen LogP contribution in [-0.4, -0.2) is 39.3 Å². The lowest BCUT2D eigenvalue weighted by Gasteiger charge is -2.12. The van der Waals surface area contributed by atoms with Gasteiger partial charge in [-0.15, -0.1) is 0 Å². The van der Waals surface area contributed by atoms with E-state index in [1.807, 2.05) is 0 Å². The fourth-order valence-corrected chi connectivity index (χ4v) is 4.61. The molecule has 0 radical (unpaired) electrons. The second kappa shape index (κ2) is 12.8. The maximum atomic E-state index is 15.4. The molecule has 7 nitrogen and oxygen atoms in total. The number of aromatic nitrogens is 3. The summed E-state index contributed by atoms with van der Waals surface area (Å²) in [7, 11) is 1.48. The van der Waals surface area contributed by atoms with E-state index in [0.717, 1.165) is 36.4 Å². The first-order valence-electron chi connectivity index (χ1n) is 13.1. The van der Waals surface area contributed by atoms with Crippen LogP contribution in [0.2, 0.25) is 0 Å². The lowest BCUT2D eigenvalue weighted by Crippen LogP contribution is -2.10. The highest BCUT2D eigenvalue weighted by molar-refractivity contribution is 5.92. The molecule has 0 unspecified atom stereocenters. The van der Waals surface area contributed by atoms with Gasteiger partial charge in [0.2, 0.25) is 5.88 Å². The fourth-order valence-electron chi connectivity index (χ4n) is 4.61. The first-order chi connectivity index (χ1) is 21.0. The summed E-state index contributed by atoms with van der Waals surface area (Å²) in [5.74, 6) is -4.85. The Bertz CT molecular complexity index is 1860. The van der Waals surface area contributed by atoms with E-state index >= 15 is 8.78 Å². The summed E-state index contributed by atoms with van der Waals surface area (Å²) in [6.07, 6.45) is -3.04. The lowest BCUT2D eigenvalue weighted by molar-refractivity contribution is 0.0697. The summed E-state index contributed by atoms with van der Waals surface area (Å²) in [4.78, 5) is 19.9. The largest absolute Gasteiger partial charge is 0.478 e. The van der Waals surface area contributed by atoms with Crippen LogP contribution >= 0.6 is 0 Å². The zero-order valence-corrected chi connectivity index (χ0v) is 23.0. The van der Waals surface area contributed by atoms with Crippen molar-refractivity contribution in [3.63, 3.8) is 0 Å². The van der Waals surface area contributed by atoms with Gasteiger partial charge in [-0.3, -0.25) is 0 Å². The molecule has 5 rings (SSSR count).